The first-order chi connectivity index (χ1) is 18.8. The van der Waals surface area contributed by atoms with Gasteiger partial charge in [0.2, 0.25) is 0 Å². The average molecular weight is 572 g/mol. The first-order valence-corrected chi connectivity index (χ1v) is 14.1. The molecule has 0 heterocycles. The standard InChI is InChI=1S/C30H35F6NO3/c31-29(32,33)21-3-5-22(6-4-21)40-24-8-2-20-17-19(1-7-23(20)26(24)30(34,35)36)18-37-28-14-11-27(12-15-28,13-16-28)10-9-25(38)39/h1-2,7-8,17,21-22,37H,3-6,9-16,18H2,(H,38,39)/t21-,22+,27?,28?. The minimum Gasteiger partial charge on any atom is -0.490 e. The van der Waals surface area contributed by atoms with E-state index in [2.05, 4.69) is 5.32 Å². The van der Waals surface area contributed by atoms with Gasteiger partial charge in [0.15, 0.2) is 0 Å². The smallest absolute Gasteiger partial charge is 0.420 e. The number of carboxylic acids is 1. The summed E-state index contributed by atoms with van der Waals surface area (Å²) in [4.78, 5) is 11.0. The highest BCUT2D eigenvalue weighted by Crippen LogP contribution is 2.54. The lowest BCUT2D eigenvalue weighted by molar-refractivity contribution is -0.185. The van der Waals surface area contributed by atoms with E-state index in [4.69, 9.17) is 9.84 Å². The third kappa shape index (κ3) is 6.21. The van der Waals surface area contributed by atoms with Crippen LogP contribution in [0.4, 0.5) is 26.3 Å². The summed E-state index contributed by atoms with van der Waals surface area (Å²) in [5, 5.41) is 13.2. The number of carbonyl (C=O) groups is 1. The van der Waals surface area contributed by atoms with Crippen LogP contribution >= 0.6 is 0 Å². The number of hydrogen-bond donors (Lipinski definition) is 2. The summed E-state index contributed by atoms with van der Waals surface area (Å²) in [5.74, 6) is -2.53. The van der Waals surface area contributed by atoms with E-state index in [-0.39, 0.29) is 54.2 Å². The van der Waals surface area contributed by atoms with E-state index >= 15 is 0 Å². The van der Waals surface area contributed by atoms with Crippen molar-refractivity contribution in [3.05, 3.63) is 41.5 Å². The Morgan fingerprint density at radius 3 is 2.15 bits per heavy atom. The van der Waals surface area contributed by atoms with Crippen LogP contribution in [0.15, 0.2) is 30.3 Å². The summed E-state index contributed by atoms with van der Waals surface area (Å²) >= 11 is 0. The Labute approximate surface area is 229 Å². The molecule has 0 amide bonds. The first kappa shape index (κ1) is 29.0. The summed E-state index contributed by atoms with van der Waals surface area (Å²) in [6, 6.07) is 7.76. The second kappa shape index (κ2) is 10.7. The number of rotatable bonds is 8. The Bertz CT molecular complexity index is 1210. The molecule has 4 aliphatic rings. The quantitative estimate of drug-likeness (QED) is 0.313. The molecule has 0 radical (unpaired) electrons. The third-order valence-electron chi connectivity index (χ3n) is 9.70. The summed E-state index contributed by atoms with van der Waals surface area (Å²) in [7, 11) is 0. The van der Waals surface area contributed by atoms with Crippen molar-refractivity contribution in [3.63, 3.8) is 0 Å². The van der Waals surface area contributed by atoms with Crippen LogP contribution in [0.1, 0.15) is 88.2 Å². The maximum Gasteiger partial charge on any atom is 0.420 e. The molecule has 0 unspecified atom stereocenters. The van der Waals surface area contributed by atoms with Gasteiger partial charge in [-0.05, 0) is 105 Å². The van der Waals surface area contributed by atoms with Crippen LogP contribution in [0.3, 0.4) is 0 Å². The number of benzene rings is 2. The summed E-state index contributed by atoms with van der Waals surface area (Å²) in [6.07, 6.45) is -3.08. The number of carboxylic acid groups (broad SMARTS) is 1. The molecule has 10 heteroatoms. The molecule has 220 valence electrons. The monoisotopic (exact) mass is 571 g/mol. The number of alkyl halides is 6. The van der Waals surface area contributed by atoms with E-state index in [0.717, 1.165) is 44.1 Å². The molecule has 2 bridgehead atoms. The van der Waals surface area contributed by atoms with Crippen LogP contribution in [-0.4, -0.2) is 28.9 Å². The molecule has 4 nitrogen and oxygen atoms in total. The topological polar surface area (TPSA) is 58.6 Å². The van der Waals surface area contributed by atoms with Crippen LogP contribution < -0.4 is 10.1 Å². The van der Waals surface area contributed by atoms with Crippen molar-refractivity contribution < 1.29 is 41.0 Å². The van der Waals surface area contributed by atoms with Gasteiger partial charge in [0, 0.05) is 18.5 Å². The summed E-state index contributed by atoms with van der Waals surface area (Å²) in [6.45, 7) is 0.514. The molecule has 2 aromatic rings. The predicted octanol–water partition coefficient (Wildman–Crippen LogP) is 8.41. The zero-order valence-electron chi connectivity index (χ0n) is 22.3. The molecule has 0 aliphatic heterocycles. The SMILES string of the molecule is O=C(O)CCC12CCC(NCc3ccc4c(C(F)(F)F)c(O[C@H]5CC[C@@H](C(F)(F)F)CC5)ccc4c3)(CC1)CC2. The fourth-order valence-electron chi connectivity index (χ4n) is 7.11. The second-order valence-corrected chi connectivity index (χ2v) is 12.2. The molecule has 0 aromatic heterocycles. The van der Waals surface area contributed by atoms with Crippen molar-refractivity contribution in [1.82, 2.24) is 5.32 Å². The zero-order chi connectivity index (χ0) is 28.8. The maximum absolute atomic E-state index is 14.2. The number of halogens is 6. The van der Waals surface area contributed by atoms with Crippen molar-refractivity contribution >= 4 is 16.7 Å². The number of nitrogens with one attached hydrogen (secondary N) is 1. The van der Waals surface area contributed by atoms with Gasteiger partial charge in [-0.2, -0.15) is 26.3 Å². The Balaban J connectivity index is 1.27. The van der Waals surface area contributed by atoms with Crippen molar-refractivity contribution in [2.75, 3.05) is 0 Å². The molecule has 0 atom stereocenters. The number of hydrogen-bond acceptors (Lipinski definition) is 3. The van der Waals surface area contributed by atoms with Crippen LogP contribution in [0, 0.1) is 11.3 Å². The van der Waals surface area contributed by atoms with Crippen molar-refractivity contribution in [3.8, 4) is 5.75 Å². The lowest BCUT2D eigenvalue weighted by atomic mass is 9.56. The highest BCUT2D eigenvalue weighted by molar-refractivity contribution is 5.89. The Kier molecular flexibility index (Phi) is 7.78. The number of ether oxygens (including phenoxy) is 1. The predicted molar refractivity (Wildman–Crippen MR) is 138 cm³/mol. The average Bonchev–Trinajstić information content (AvgIpc) is 2.91. The van der Waals surface area contributed by atoms with Crippen LogP contribution in [0.25, 0.3) is 10.8 Å². The van der Waals surface area contributed by atoms with Gasteiger partial charge in [-0.3, -0.25) is 4.79 Å². The van der Waals surface area contributed by atoms with Gasteiger partial charge in [-0.1, -0.05) is 18.2 Å². The summed E-state index contributed by atoms with van der Waals surface area (Å²) < 4.78 is 87.2. The van der Waals surface area contributed by atoms with E-state index in [9.17, 15) is 31.1 Å². The van der Waals surface area contributed by atoms with Crippen molar-refractivity contribution in [2.45, 2.75) is 108 Å². The first-order valence-electron chi connectivity index (χ1n) is 14.1. The largest absolute Gasteiger partial charge is 0.490 e. The molecule has 0 spiro atoms. The van der Waals surface area contributed by atoms with E-state index in [1.807, 2.05) is 0 Å². The fourth-order valence-corrected chi connectivity index (χ4v) is 7.11. The van der Waals surface area contributed by atoms with Crippen LogP contribution in [-0.2, 0) is 17.5 Å². The molecule has 0 saturated heterocycles. The van der Waals surface area contributed by atoms with E-state index in [0.29, 0.717) is 18.4 Å². The fraction of sp³-hybridized carbons (Fsp3) is 0.633. The van der Waals surface area contributed by atoms with E-state index in [1.54, 1.807) is 18.2 Å². The van der Waals surface area contributed by atoms with Gasteiger partial charge in [-0.25, -0.2) is 0 Å². The lowest BCUT2D eigenvalue weighted by Crippen LogP contribution is -2.54. The molecule has 40 heavy (non-hydrogen) atoms. The third-order valence-corrected chi connectivity index (χ3v) is 9.70. The lowest BCUT2D eigenvalue weighted by Gasteiger charge is -2.54. The minimum atomic E-state index is -4.69. The van der Waals surface area contributed by atoms with Crippen LogP contribution in [0.2, 0.25) is 0 Å². The second-order valence-electron chi connectivity index (χ2n) is 12.2. The number of fused-ring (bicyclic) bond motifs is 4. The Morgan fingerprint density at radius 2 is 1.57 bits per heavy atom. The molecule has 4 fully saturated rings. The van der Waals surface area contributed by atoms with Crippen LogP contribution in [0.5, 0.6) is 5.75 Å². The highest BCUT2D eigenvalue weighted by atomic mass is 19.4. The molecule has 4 aliphatic carbocycles. The Hall–Kier alpha value is -2.49. The van der Waals surface area contributed by atoms with Gasteiger partial charge in [0.05, 0.1) is 12.0 Å². The van der Waals surface area contributed by atoms with E-state index < -0.39 is 35.9 Å². The van der Waals surface area contributed by atoms with E-state index in [1.165, 1.54) is 12.1 Å². The van der Waals surface area contributed by atoms with Gasteiger partial charge in [0.25, 0.3) is 0 Å². The zero-order valence-corrected chi connectivity index (χ0v) is 22.3. The highest BCUT2D eigenvalue weighted by Gasteiger charge is 2.48. The minimum absolute atomic E-state index is 0.00874. The molecule has 4 saturated carbocycles. The van der Waals surface area contributed by atoms with Gasteiger partial charge < -0.3 is 15.2 Å². The maximum atomic E-state index is 14.2. The molecular weight excluding hydrogens is 536 g/mol. The molecular formula is C30H35F6NO3. The van der Waals surface area contributed by atoms with Crippen molar-refractivity contribution in [1.29, 1.82) is 0 Å². The molecule has 6 rings (SSSR count). The molecule has 2 N–H and O–H groups in total. The summed E-state index contributed by atoms with van der Waals surface area (Å²) in [5.41, 5.74) is 0.0662. The Morgan fingerprint density at radius 1 is 0.925 bits per heavy atom. The number of aliphatic carboxylic acids is 1. The normalized spacial score (nSPS) is 29.1. The van der Waals surface area contributed by atoms with Gasteiger partial charge in [-0.15, -0.1) is 0 Å². The van der Waals surface area contributed by atoms with Gasteiger partial charge in [0.1, 0.15) is 11.3 Å². The van der Waals surface area contributed by atoms with Crippen molar-refractivity contribution in [2.24, 2.45) is 11.3 Å². The molecule has 2 aromatic carbocycles. The van der Waals surface area contributed by atoms with Gasteiger partial charge >= 0.3 is 18.3 Å².